The minimum Gasteiger partial charge on any atom is -0.487 e. The van der Waals surface area contributed by atoms with Gasteiger partial charge >= 0.3 is 5.97 Å². The Bertz CT molecular complexity index is 1310. The van der Waals surface area contributed by atoms with Crippen molar-refractivity contribution >= 4 is 34.2 Å². The van der Waals surface area contributed by atoms with Crippen molar-refractivity contribution in [3.63, 3.8) is 0 Å². The van der Waals surface area contributed by atoms with Gasteiger partial charge in [-0.1, -0.05) is 32.8 Å². The second-order valence-electron chi connectivity index (χ2n) is 9.26. The van der Waals surface area contributed by atoms with Crippen LogP contribution in [0.4, 0.5) is 11.5 Å². The first-order valence-electron chi connectivity index (χ1n) is 12.0. The van der Waals surface area contributed by atoms with Crippen LogP contribution >= 0.6 is 0 Å². The van der Waals surface area contributed by atoms with Gasteiger partial charge in [-0.25, -0.2) is 14.8 Å². The number of fused-ring (bicyclic) bond motifs is 1. The molecule has 1 heterocycles. The summed E-state index contributed by atoms with van der Waals surface area (Å²) >= 11 is 0. The molecular formula is C28H31N3O7. The number of carbonyl (C=O) groups is 2. The van der Waals surface area contributed by atoms with E-state index in [1.165, 1.54) is 6.33 Å². The predicted molar refractivity (Wildman–Crippen MR) is 142 cm³/mol. The number of carboxylic acids is 1. The van der Waals surface area contributed by atoms with Crippen LogP contribution in [0.25, 0.3) is 10.9 Å². The fourth-order valence-corrected chi connectivity index (χ4v) is 3.17. The fraction of sp³-hybridized carbons (Fsp3) is 0.357. The molecule has 2 N–H and O–H groups in total. The highest BCUT2D eigenvalue weighted by Crippen LogP contribution is 2.35. The maximum absolute atomic E-state index is 12.1. The van der Waals surface area contributed by atoms with Crippen molar-refractivity contribution in [3.8, 4) is 23.8 Å². The SMILES string of the molecule is C#Cc1cccc(Nc2ncnc3cc(OCCOCC(=O)O)c(OCCOCC(=O)C(C)(C)C)cc23)c1. The molecule has 200 valence electrons. The van der Waals surface area contributed by atoms with Gasteiger partial charge in [-0.2, -0.15) is 0 Å². The maximum Gasteiger partial charge on any atom is 0.329 e. The average molecular weight is 522 g/mol. The largest absolute Gasteiger partial charge is 0.487 e. The van der Waals surface area contributed by atoms with Gasteiger partial charge in [0.05, 0.1) is 18.7 Å². The van der Waals surface area contributed by atoms with E-state index in [-0.39, 0.29) is 38.8 Å². The minimum atomic E-state index is -1.06. The summed E-state index contributed by atoms with van der Waals surface area (Å²) in [7, 11) is 0. The summed E-state index contributed by atoms with van der Waals surface area (Å²) in [5.41, 5.74) is 1.60. The molecule has 10 nitrogen and oxygen atoms in total. The number of aromatic nitrogens is 2. The zero-order valence-electron chi connectivity index (χ0n) is 21.7. The number of nitrogens with one attached hydrogen (secondary N) is 1. The minimum absolute atomic E-state index is 0.00430. The third kappa shape index (κ3) is 8.44. The number of ether oxygens (including phenoxy) is 4. The zero-order valence-corrected chi connectivity index (χ0v) is 21.7. The van der Waals surface area contributed by atoms with E-state index in [2.05, 4.69) is 21.2 Å². The number of benzene rings is 2. The van der Waals surface area contributed by atoms with Gasteiger partial charge in [-0.05, 0) is 24.3 Å². The summed E-state index contributed by atoms with van der Waals surface area (Å²) in [6.45, 7) is 5.61. The number of aliphatic carboxylic acids is 1. The van der Waals surface area contributed by atoms with E-state index in [4.69, 9.17) is 30.5 Å². The van der Waals surface area contributed by atoms with E-state index in [9.17, 15) is 9.59 Å². The van der Waals surface area contributed by atoms with E-state index < -0.39 is 18.0 Å². The molecule has 0 unspecified atom stereocenters. The predicted octanol–water partition coefficient (Wildman–Crippen LogP) is 3.85. The molecule has 1 aromatic heterocycles. The van der Waals surface area contributed by atoms with E-state index >= 15 is 0 Å². The van der Waals surface area contributed by atoms with Gasteiger partial charge in [0.1, 0.15) is 38.6 Å². The van der Waals surface area contributed by atoms with Crippen LogP contribution in [-0.4, -0.2) is 66.5 Å². The van der Waals surface area contributed by atoms with Crippen LogP contribution in [0.5, 0.6) is 11.5 Å². The molecule has 0 saturated carbocycles. The van der Waals surface area contributed by atoms with Gasteiger partial charge in [-0.3, -0.25) is 4.79 Å². The van der Waals surface area contributed by atoms with Crippen molar-refractivity contribution in [1.82, 2.24) is 9.97 Å². The molecule has 0 fully saturated rings. The lowest BCUT2D eigenvalue weighted by Crippen LogP contribution is -2.25. The van der Waals surface area contributed by atoms with E-state index in [1.807, 2.05) is 45.0 Å². The molecule has 0 aliphatic rings. The number of terminal acetylenes is 1. The first-order valence-corrected chi connectivity index (χ1v) is 12.0. The van der Waals surface area contributed by atoms with Crippen LogP contribution in [0, 0.1) is 17.8 Å². The van der Waals surface area contributed by atoms with Gasteiger partial charge in [0.15, 0.2) is 17.3 Å². The number of carboxylic acid groups (broad SMARTS) is 1. The third-order valence-electron chi connectivity index (χ3n) is 5.26. The Kier molecular flexibility index (Phi) is 9.99. The Balaban J connectivity index is 1.78. The van der Waals surface area contributed by atoms with Crippen molar-refractivity contribution in [1.29, 1.82) is 0 Å². The Labute approximate surface area is 221 Å². The summed E-state index contributed by atoms with van der Waals surface area (Å²) in [5, 5.41) is 12.7. The first-order chi connectivity index (χ1) is 18.2. The molecule has 0 amide bonds. The molecule has 0 atom stereocenters. The van der Waals surface area contributed by atoms with Crippen LogP contribution in [0.2, 0.25) is 0 Å². The second-order valence-corrected chi connectivity index (χ2v) is 9.26. The van der Waals surface area contributed by atoms with Crippen molar-refractivity contribution in [2.24, 2.45) is 5.41 Å². The Morgan fingerprint density at radius 3 is 2.32 bits per heavy atom. The lowest BCUT2D eigenvalue weighted by atomic mass is 9.91. The summed E-state index contributed by atoms with van der Waals surface area (Å²) in [5.74, 6) is 2.87. The highest BCUT2D eigenvalue weighted by atomic mass is 16.6. The van der Waals surface area contributed by atoms with Gasteiger partial charge in [0.2, 0.25) is 0 Å². The molecule has 0 bridgehead atoms. The fourth-order valence-electron chi connectivity index (χ4n) is 3.17. The van der Waals surface area contributed by atoms with Crippen molar-refractivity contribution in [2.75, 3.05) is 45.0 Å². The standard InChI is InChI=1S/C28H31N3O7/c1-5-19-7-6-8-20(13-19)31-27-21-14-23(37-11-9-35-16-25(32)28(2,3)4)24(15-22(21)29-18-30-27)38-12-10-36-17-26(33)34/h1,6-8,13-15,18H,9-12,16-17H2,2-4H3,(H,33,34)(H,29,30,31). The molecule has 0 saturated heterocycles. The van der Waals surface area contributed by atoms with E-state index in [1.54, 1.807) is 12.1 Å². The quantitative estimate of drug-likeness (QED) is 0.238. The number of hydrogen-bond donors (Lipinski definition) is 2. The monoisotopic (exact) mass is 521 g/mol. The van der Waals surface area contributed by atoms with Crippen LogP contribution in [0.3, 0.4) is 0 Å². The van der Waals surface area contributed by atoms with Crippen LogP contribution in [0.1, 0.15) is 26.3 Å². The number of Topliss-reactive ketones (excluding diaryl/α,β-unsaturated/α-hetero) is 1. The van der Waals surface area contributed by atoms with Gasteiger partial charge in [-0.15, -0.1) is 6.42 Å². The van der Waals surface area contributed by atoms with E-state index in [0.717, 1.165) is 11.3 Å². The average Bonchev–Trinajstić information content (AvgIpc) is 2.87. The van der Waals surface area contributed by atoms with Crippen LogP contribution in [-0.2, 0) is 19.1 Å². The number of rotatable bonds is 14. The maximum atomic E-state index is 12.1. The second kappa shape index (κ2) is 13.4. The number of carbonyl (C=O) groups excluding carboxylic acids is 1. The molecule has 2 aromatic carbocycles. The molecule has 0 radical (unpaired) electrons. The molecular weight excluding hydrogens is 490 g/mol. The lowest BCUT2D eigenvalue weighted by Gasteiger charge is -2.17. The zero-order chi connectivity index (χ0) is 27.5. The van der Waals surface area contributed by atoms with Gasteiger partial charge in [0, 0.05) is 28.1 Å². The highest BCUT2D eigenvalue weighted by Gasteiger charge is 2.21. The topological polar surface area (TPSA) is 129 Å². The lowest BCUT2D eigenvalue weighted by molar-refractivity contribution is -0.142. The third-order valence-corrected chi connectivity index (χ3v) is 5.26. The summed E-state index contributed by atoms with van der Waals surface area (Å²) < 4.78 is 22.3. The smallest absolute Gasteiger partial charge is 0.329 e. The van der Waals surface area contributed by atoms with Gasteiger partial charge in [0.25, 0.3) is 0 Å². The van der Waals surface area contributed by atoms with E-state index in [0.29, 0.717) is 28.2 Å². The molecule has 3 rings (SSSR count). The first kappa shape index (κ1) is 28.4. The Hall–Kier alpha value is -4.20. The molecule has 0 spiro atoms. The Morgan fingerprint density at radius 1 is 0.974 bits per heavy atom. The Morgan fingerprint density at radius 2 is 1.66 bits per heavy atom. The number of hydrogen-bond acceptors (Lipinski definition) is 9. The van der Waals surface area contributed by atoms with Gasteiger partial charge < -0.3 is 29.4 Å². The molecule has 38 heavy (non-hydrogen) atoms. The molecule has 10 heteroatoms. The van der Waals surface area contributed by atoms with Crippen LogP contribution in [0.15, 0.2) is 42.7 Å². The highest BCUT2D eigenvalue weighted by molar-refractivity contribution is 5.93. The number of nitrogens with zero attached hydrogens (tertiary/aromatic N) is 2. The summed E-state index contributed by atoms with van der Waals surface area (Å²) in [6.07, 6.45) is 6.94. The molecule has 0 aliphatic heterocycles. The van der Waals surface area contributed by atoms with Crippen molar-refractivity contribution in [2.45, 2.75) is 20.8 Å². The van der Waals surface area contributed by atoms with Crippen LogP contribution < -0.4 is 14.8 Å². The molecule has 3 aromatic rings. The van der Waals surface area contributed by atoms with Crippen molar-refractivity contribution in [3.05, 3.63) is 48.3 Å². The number of anilines is 2. The summed E-state index contributed by atoms with van der Waals surface area (Å²) in [4.78, 5) is 31.4. The molecule has 0 aliphatic carbocycles. The summed E-state index contributed by atoms with van der Waals surface area (Å²) in [6, 6.07) is 10.8. The number of ketones is 1. The normalized spacial score (nSPS) is 11.1. The van der Waals surface area contributed by atoms with Crippen molar-refractivity contribution < 1.29 is 33.6 Å².